The molecule has 0 atom stereocenters. The first-order valence-corrected chi connectivity index (χ1v) is 10.1. The van der Waals surface area contributed by atoms with E-state index in [1.807, 2.05) is 0 Å². The van der Waals surface area contributed by atoms with Gasteiger partial charge in [-0.25, -0.2) is 4.39 Å². The summed E-state index contributed by atoms with van der Waals surface area (Å²) in [4.78, 5) is 14.4. The Balaban J connectivity index is 1.85. The van der Waals surface area contributed by atoms with Crippen LogP contribution in [0.3, 0.4) is 0 Å². The van der Waals surface area contributed by atoms with Crippen molar-refractivity contribution >= 4 is 51.9 Å². The zero-order chi connectivity index (χ0) is 21.0. The summed E-state index contributed by atoms with van der Waals surface area (Å²) in [6, 6.07) is 9.69. The first-order valence-electron chi connectivity index (χ1n) is 8.54. The molecule has 1 fully saturated rings. The van der Waals surface area contributed by atoms with Gasteiger partial charge in [0.2, 0.25) is 0 Å². The van der Waals surface area contributed by atoms with Gasteiger partial charge >= 0.3 is 0 Å². The predicted molar refractivity (Wildman–Crippen MR) is 119 cm³/mol. The number of benzene rings is 2. The zero-order valence-corrected chi connectivity index (χ0v) is 17.9. The molecule has 8 heteroatoms. The van der Waals surface area contributed by atoms with Crippen LogP contribution in [0.2, 0.25) is 5.02 Å². The number of thiocarbonyl (C=S) groups is 1. The molecule has 0 bridgehead atoms. The summed E-state index contributed by atoms with van der Waals surface area (Å²) in [6.45, 7) is 4.00. The van der Waals surface area contributed by atoms with E-state index in [1.54, 1.807) is 42.5 Å². The standard InChI is InChI=1S/C21H17ClFNO3S2/c1-3-8-24-20(25)18(29-21(24)28)11-13-9-15(22)19(17(10-13)26-2)27-12-14-6-4-5-7-16(14)23/h3-7,9-11H,1,8,12H2,2H3/b18-11+. The fourth-order valence-electron chi connectivity index (χ4n) is 2.67. The van der Waals surface area contributed by atoms with Gasteiger partial charge in [0.05, 0.1) is 17.0 Å². The van der Waals surface area contributed by atoms with Crippen LogP contribution in [0.4, 0.5) is 4.39 Å². The Labute approximate surface area is 182 Å². The highest BCUT2D eigenvalue weighted by Gasteiger charge is 2.31. The molecule has 1 saturated heterocycles. The minimum Gasteiger partial charge on any atom is -0.493 e. The maximum Gasteiger partial charge on any atom is 0.266 e. The molecule has 2 aromatic rings. The normalized spacial score (nSPS) is 15.1. The molecule has 0 spiro atoms. The van der Waals surface area contributed by atoms with Gasteiger partial charge in [-0.1, -0.05) is 59.9 Å². The highest BCUT2D eigenvalue weighted by molar-refractivity contribution is 8.26. The summed E-state index contributed by atoms with van der Waals surface area (Å²) in [5.41, 5.74) is 1.06. The molecule has 2 aromatic carbocycles. The Kier molecular flexibility index (Phi) is 6.95. The predicted octanol–water partition coefficient (Wildman–Crippen LogP) is 5.45. The molecule has 1 amide bonds. The van der Waals surface area contributed by atoms with Gasteiger partial charge in [-0.05, 0) is 29.8 Å². The van der Waals surface area contributed by atoms with Gasteiger partial charge in [0, 0.05) is 12.1 Å². The Morgan fingerprint density at radius 3 is 2.79 bits per heavy atom. The molecule has 29 heavy (non-hydrogen) atoms. The molecule has 1 aliphatic rings. The largest absolute Gasteiger partial charge is 0.493 e. The third-order valence-corrected chi connectivity index (χ3v) is 5.72. The van der Waals surface area contributed by atoms with Crippen LogP contribution in [-0.2, 0) is 11.4 Å². The first kappa shape index (κ1) is 21.4. The average Bonchev–Trinajstić information content (AvgIpc) is 2.95. The number of carbonyl (C=O) groups excluding carboxylic acids is 1. The van der Waals surface area contributed by atoms with E-state index in [0.29, 0.717) is 38.4 Å². The van der Waals surface area contributed by atoms with E-state index in [2.05, 4.69) is 6.58 Å². The third-order valence-electron chi connectivity index (χ3n) is 4.06. The van der Waals surface area contributed by atoms with Crippen LogP contribution in [0.1, 0.15) is 11.1 Å². The molecule has 1 aliphatic heterocycles. The molecular formula is C21H17ClFNO3S2. The van der Waals surface area contributed by atoms with Gasteiger partial charge in [0.25, 0.3) is 5.91 Å². The molecule has 1 heterocycles. The fourth-order valence-corrected chi connectivity index (χ4v) is 4.22. The number of thioether (sulfide) groups is 1. The molecular weight excluding hydrogens is 433 g/mol. The molecule has 0 saturated carbocycles. The van der Waals surface area contributed by atoms with E-state index in [-0.39, 0.29) is 23.4 Å². The van der Waals surface area contributed by atoms with Crippen LogP contribution in [0.15, 0.2) is 54.0 Å². The van der Waals surface area contributed by atoms with E-state index >= 15 is 0 Å². The number of amides is 1. The smallest absolute Gasteiger partial charge is 0.266 e. The summed E-state index contributed by atoms with van der Waals surface area (Å²) in [5.74, 6) is 0.131. The van der Waals surface area contributed by atoms with Crippen molar-refractivity contribution in [2.75, 3.05) is 13.7 Å². The number of carbonyl (C=O) groups is 1. The van der Waals surface area contributed by atoms with Gasteiger partial charge in [-0.15, -0.1) is 6.58 Å². The lowest BCUT2D eigenvalue weighted by Gasteiger charge is -2.14. The summed E-state index contributed by atoms with van der Waals surface area (Å²) in [5, 5.41) is 0.286. The maximum absolute atomic E-state index is 13.8. The quantitative estimate of drug-likeness (QED) is 0.319. The van der Waals surface area contributed by atoms with Gasteiger partial charge in [0.1, 0.15) is 16.7 Å². The minimum absolute atomic E-state index is 0.00229. The van der Waals surface area contributed by atoms with Crippen LogP contribution < -0.4 is 9.47 Å². The van der Waals surface area contributed by atoms with Gasteiger partial charge in [-0.3, -0.25) is 9.69 Å². The summed E-state index contributed by atoms with van der Waals surface area (Å²) in [6.07, 6.45) is 3.31. The number of rotatable bonds is 7. The van der Waals surface area contributed by atoms with Crippen molar-refractivity contribution < 1.29 is 18.7 Å². The number of hydrogen-bond donors (Lipinski definition) is 0. The number of methoxy groups -OCH3 is 1. The van der Waals surface area contributed by atoms with Crippen LogP contribution in [0, 0.1) is 5.82 Å². The van der Waals surface area contributed by atoms with E-state index < -0.39 is 0 Å². The average molecular weight is 450 g/mol. The molecule has 0 radical (unpaired) electrons. The van der Waals surface area contributed by atoms with Crippen molar-refractivity contribution in [3.8, 4) is 11.5 Å². The van der Waals surface area contributed by atoms with Crippen molar-refractivity contribution in [2.24, 2.45) is 0 Å². The Morgan fingerprint density at radius 1 is 1.34 bits per heavy atom. The number of hydrogen-bond acceptors (Lipinski definition) is 5. The van der Waals surface area contributed by atoms with Crippen molar-refractivity contribution in [3.63, 3.8) is 0 Å². The molecule has 0 aromatic heterocycles. The van der Waals surface area contributed by atoms with Crippen molar-refractivity contribution in [1.82, 2.24) is 4.90 Å². The van der Waals surface area contributed by atoms with Gasteiger partial charge < -0.3 is 9.47 Å². The molecule has 150 valence electrons. The number of ether oxygens (including phenoxy) is 2. The highest BCUT2D eigenvalue weighted by atomic mass is 35.5. The van der Waals surface area contributed by atoms with Gasteiger partial charge in [0.15, 0.2) is 11.5 Å². The van der Waals surface area contributed by atoms with Crippen LogP contribution in [0.5, 0.6) is 11.5 Å². The second-order valence-corrected chi connectivity index (χ2v) is 8.08. The zero-order valence-electron chi connectivity index (χ0n) is 15.5. The lowest BCUT2D eigenvalue weighted by molar-refractivity contribution is -0.121. The van der Waals surface area contributed by atoms with Crippen molar-refractivity contribution in [3.05, 3.63) is 75.9 Å². The summed E-state index contributed by atoms with van der Waals surface area (Å²) in [7, 11) is 1.48. The Hall–Kier alpha value is -2.35. The second kappa shape index (κ2) is 9.43. The van der Waals surface area contributed by atoms with Crippen LogP contribution in [-0.4, -0.2) is 28.8 Å². The van der Waals surface area contributed by atoms with Crippen molar-refractivity contribution in [2.45, 2.75) is 6.61 Å². The number of halogens is 2. The molecule has 4 nitrogen and oxygen atoms in total. The van der Waals surface area contributed by atoms with Crippen molar-refractivity contribution in [1.29, 1.82) is 0 Å². The summed E-state index contributed by atoms with van der Waals surface area (Å²) < 4.78 is 25.4. The molecule has 0 aliphatic carbocycles. The van der Waals surface area contributed by atoms with E-state index in [0.717, 1.165) is 0 Å². The minimum atomic E-state index is -0.360. The Morgan fingerprint density at radius 2 is 2.10 bits per heavy atom. The number of nitrogens with zero attached hydrogens (tertiary/aromatic N) is 1. The molecule has 0 unspecified atom stereocenters. The maximum atomic E-state index is 13.8. The van der Waals surface area contributed by atoms with E-state index in [4.69, 9.17) is 33.3 Å². The van der Waals surface area contributed by atoms with E-state index in [9.17, 15) is 9.18 Å². The molecule has 3 rings (SSSR count). The lowest BCUT2D eigenvalue weighted by Crippen LogP contribution is -2.27. The SMILES string of the molecule is C=CCN1C(=O)/C(=C\c2cc(Cl)c(OCc3ccccc3F)c(OC)c2)SC1=S. The van der Waals surface area contributed by atoms with Crippen LogP contribution in [0.25, 0.3) is 6.08 Å². The third kappa shape index (κ3) is 4.80. The lowest BCUT2D eigenvalue weighted by atomic mass is 10.1. The van der Waals surface area contributed by atoms with E-state index in [1.165, 1.54) is 29.8 Å². The Bertz CT molecular complexity index is 1010. The fraction of sp³-hybridized carbons (Fsp3) is 0.143. The molecule has 0 N–H and O–H groups in total. The van der Waals surface area contributed by atoms with Crippen LogP contribution >= 0.6 is 35.6 Å². The topological polar surface area (TPSA) is 38.8 Å². The monoisotopic (exact) mass is 449 g/mol. The summed E-state index contributed by atoms with van der Waals surface area (Å²) >= 11 is 12.8. The highest BCUT2D eigenvalue weighted by Crippen LogP contribution is 2.39. The second-order valence-electron chi connectivity index (χ2n) is 6.00. The van der Waals surface area contributed by atoms with Gasteiger partial charge in [-0.2, -0.15) is 0 Å². The first-order chi connectivity index (χ1) is 13.9.